The first-order chi connectivity index (χ1) is 9.15. The summed E-state index contributed by atoms with van der Waals surface area (Å²) in [6.45, 7) is 0.918. The molecule has 2 rings (SSSR count). The van der Waals surface area contributed by atoms with Crippen LogP contribution in [0.15, 0.2) is 42.5 Å². The summed E-state index contributed by atoms with van der Waals surface area (Å²) in [6, 6.07) is 9.94. The smallest absolute Gasteiger partial charge is 0.127 e. The molecule has 1 N–H and O–H groups in total. The van der Waals surface area contributed by atoms with E-state index in [0.29, 0.717) is 30.6 Å². The van der Waals surface area contributed by atoms with E-state index in [4.69, 9.17) is 0 Å². The fourth-order valence-electron chi connectivity index (χ4n) is 1.85. The van der Waals surface area contributed by atoms with E-state index in [1.807, 2.05) is 0 Å². The van der Waals surface area contributed by atoms with Gasteiger partial charge in [0.05, 0.1) is 0 Å². The average Bonchev–Trinajstić information content (AvgIpc) is 2.35. The van der Waals surface area contributed by atoms with Crippen molar-refractivity contribution in [2.45, 2.75) is 13.0 Å². The Morgan fingerprint density at radius 3 is 2.26 bits per heavy atom. The Balaban J connectivity index is 1.82. The van der Waals surface area contributed by atoms with Gasteiger partial charge >= 0.3 is 0 Å². The molecule has 0 aliphatic carbocycles. The standard InChI is InChI=1S/C15H14F3N/c16-13-7-11(8-14(17)9-13)5-6-19-10-12-3-1-2-4-15(12)18/h1-4,7-9,19H,5-6,10H2. The summed E-state index contributed by atoms with van der Waals surface area (Å²) in [5.74, 6) is -1.42. The first-order valence-corrected chi connectivity index (χ1v) is 6.04. The monoisotopic (exact) mass is 265 g/mol. The van der Waals surface area contributed by atoms with E-state index >= 15 is 0 Å². The maximum absolute atomic E-state index is 13.3. The summed E-state index contributed by atoms with van der Waals surface area (Å²) in [5.41, 5.74) is 1.16. The number of benzene rings is 2. The predicted octanol–water partition coefficient (Wildman–Crippen LogP) is 3.44. The van der Waals surface area contributed by atoms with Crippen LogP contribution in [0.4, 0.5) is 13.2 Å². The minimum atomic E-state index is -0.580. The van der Waals surface area contributed by atoms with Gasteiger partial charge in [-0.15, -0.1) is 0 Å². The highest BCUT2D eigenvalue weighted by molar-refractivity contribution is 5.19. The maximum atomic E-state index is 13.3. The quantitative estimate of drug-likeness (QED) is 0.817. The van der Waals surface area contributed by atoms with Gasteiger partial charge in [0.15, 0.2) is 0 Å². The third kappa shape index (κ3) is 4.10. The van der Waals surface area contributed by atoms with E-state index in [0.717, 1.165) is 6.07 Å². The molecule has 0 amide bonds. The third-order valence-corrected chi connectivity index (χ3v) is 2.79. The Morgan fingerprint density at radius 2 is 1.58 bits per heavy atom. The highest BCUT2D eigenvalue weighted by Crippen LogP contribution is 2.09. The fraction of sp³-hybridized carbons (Fsp3) is 0.200. The van der Waals surface area contributed by atoms with Crippen LogP contribution < -0.4 is 5.32 Å². The number of hydrogen-bond donors (Lipinski definition) is 1. The molecule has 0 saturated carbocycles. The fourth-order valence-corrected chi connectivity index (χ4v) is 1.85. The van der Waals surface area contributed by atoms with Crippen molar-refractivity contribution in [3.63, 3.8) is 0 Å². The van der Waals surface area contributed by atoms with Gasteiger partial charge in [0.2, 0.25) is 0 Å². The topological polar surface area (TPSA) is 12.0 Å². The molecule has 0 bridgehead atoms. The molecule has 0 atom stereocenters. The van der Waals surface area contributed by atoms with Gasteiger partial charge in [0.1, 0.15) is 17.5 Å². The van der Waals surface area contributed by atoms with Crippen molar-refractivity contribution < 1.29 is 13.2 Å². The van der Waals surface area contributed by atoms with Crippen molar-refractivity contribution in [2.75, 3.05) is 6.54 Å². The van der Waals surface area contributed by atoms with Gasteiger partial charge in [-0.1, -0.05) is 18.2 Å². The molecule has 19 heavy (non-hydrogen) atoms. The molecular formula is C15H14F3N. The van der Waals surface area contributed by atoms with Crippen LogP contribution in [0.1, 0.15) is 11.1 Å². The van der Waals surface area contributed by atoms with Gasteiger partial charge in [-0.25, -0.2) is 13.2 Å². The van der Waals surface area contributed by atoms with Crippen LogP contribution in [-0.4, -0.2) is 6.54 Å². The molecule has 2 aromatic rings. The second-order valence-corrected chi connectivity index (χ2v) is 4.30. The van der Waals surface area contributed by atoms with Gasteiger partial charge in [-0.2, -0.15) is 0 Å². The van der Waals surface area contributed by atoms with Gasteiger partial charge in [-0.05, 0) is 36.7 Å². The Kier molecular flexibility index (Phi) is 4.58. The van der Waals surface area contributed by atoms with E-state index in [1.54, 1.807) is 18.2 Å². The molecule has 0 aliphatic heterocycles. The second kappa shape index (κ2) is 6.38. The molecule has 2 aromatic carbocycles. The van der Waals surface area contributed by atoms with E-state index < -0.39 is 11.6 Å². The summed E-state index contributed by atoms with van der Waals surface area (Å²) in [6.07, 6.45) is 0.489. The molecule has 100 valence electrons. The van der Waals surface area contributed by atoms with E-state index in [9.17, 15) is 13.2 Å². The predicted molar refractivity (Wildman–Crippen MR) is 68.2 cm³/mol. The van der Waals surface area contributed by atoms with Gasteiger partial charge in [-0.3, -0.25) is 0 Å². The molecule has 0 spiro atoms. The summed E-state index contributed by atoms with van der Waals surface area (Å²) >= 11 is 0. The van der Waals surface area contributed by atoms with E-state index in [-0.39, 0.29) is 5.82 Å². The van der Waals surface area contributed by atoms with Crippen molar-refractivity contribution in [1.82, 2.24) is 5.32 Å². The zero-order valence-electron chi connectivity index (χ0n) is 10.3. The highest BCUT2D eigenvalue weighted by Gasteiger charge is 2.02. The second-order valence-electron chi connectivity index (χ2n) is 4.30. The summed E-state index contributed by atoms with van der Waals surface area (Å²) in [4.78, 5) is 0. The molecular weight excluding hydrogens is 251 g/mol. The van der Waals surface area contributed by atoms with Crippen molar-refractivity contribution in [2.24, 2.45) is 0 Å². The van der Waals surface area contributed by atoms with Crippen molar-refractivity contribution in [3.8, 4) is 0 Å². The molecule has 0 aromatic heterocycles. The molecule has 0 saturated heterocycles. The molecule has 0 fully saturated rings. The average molecular weight is 265 g/mol. The van der Waals surface area contributed by atoms with Crippen LogP contribution in [0.5, 0.6) is 0 Å². The van der Waals surface area contributed by atoms with Crippen molar-refractivity contribution in [1.29, 1.82) is 0 Å². The lowest BCUT2D eigenvalue weighted by atomic mass is 10.1. The Hall–Kier alpha value is -1.81. The van der Waals surface area contributed by atoms with Crippen LogP contribution in [0.3, 0.4) is 0 Å². The van der Waals surface area contributed by atoms with Crippen molar-refractivity contribution >= 4 is 0 Å². The first-order valence-electron chi connectivity index (χ1n) is 6.04. The number of hydrogen-bond acceptors (Lipinski definition) is 1. The van der Waals surface area contributed by atoms with E-state index in [2.05, 4.69) is 5.32 Å². The van der Waals surface area contributed by atoms with Gasteiger partial charge < -0.3 is 5.32 Å². The van der Waals surface area contributed by atoms with Crippen LogP contribution in [0.25, 0.3) is 0 Å². The minimum Gasteiger partial charge on any atom is -0.312 e. The lowest BCUT2D eigenvalue weighted by Gasteiger charge is -2.06. The number of nitrogens with one attached hydrogen (secondary N) is 1. The third-order valence-electron chi connectivity index (χ3n) is 2.79. The Bertz CT molecular complexity index is 535. The first kappa shape index (κ1) is 13.6. The molecule has 4 heteroatoms. The van der Waals surface area contributed by atoms with Crippen LogP contribution in [0.2, 0.25) is 0 Å². The zero-order valence-corrected chi connectivity index (χ0v) is 10.3. The SMILES string of the molecule is Fc1cc(F)cc(CCNCc2ccccc2F)c1. The molecule has 0 unspecified atom stereocenters. The molecule has 0 radical (unpaired) electrons. The molecule has 0 aliphatic rings. The maximum Gasteiger partial charge on any atom is 0.127 e. The van der Waals surface area contributed by atoms with E-state index in [1.165, 1.54) is 18.2 Å². The molecule has 0 heterocycles. The highest BCUT2D eigenvalue weighted by atomic mass is 19.1. The van der Waals surface area contributed by atoms with Crippen LogP contribution in [0, 0.1) is 17.5 Å². The summed E-state index contributed by atoms with van der Waals surface area (Å²) in [5, 5.41) is 3.05. The van der Waals surface area contributed by atoms with Crippen molar-refractivity contribution in [3.05, 3.63) is 71.0 Å². The Morgan fingerprint density at radius 1 is 0.895 bits per heavy atom. The summed E-state index contributed by atoms with van der Waals surface area (Å²) in [7, 11) is 0. The summed E-state index contributed by atoms with van der Waals surface area (Å²) < 4.78 is 39.2. The Labute approximate surface area is 110 Å². The lowest BCUT2D eigenvalue weighted by molar-refractivity contribution is 0.574. The molecule has 1 nitrogen and oxygen atoms in total. The number of rotatable bonds is 5. The zero-order chi connectivity index (χ0) is 13.7. The minimum absolute atomic E-state index is 0.258. The van der Waals surface area contributed by atoms with Crippen LogP contribution in [-0.2, 0) is 13.0 Å². The van der Waals surface area contributed by atoms with Gasteiger partial charge in [0.25, 0.3) is 0 Å². The van der Waals surface area contributed by atoms with Gasteiger partial charge in [0, 0.05) is 18.2 Å². The van der Waals surface area contributed by atoms with Crippen LogP contribution >= 0.6 is 0 Å². The largest absolute Gasteiger partial charge is 0.312 e. The lowest BCUT2D eigenvalue weighted by Crippen LogP contribution is -2.17. The number of halogens is 3. The normalized spacial score (nSPS) is 10.7.